The zero-order valence-corrected chi connectivity index (χ0v) is 13.2. The summed E-state index contributed by atoms with van der Waals surface area (Å²) in [6.07, 6.45) is 4.28. The van der Waals surface area contributed by atoms with Crippen LogP contribution in [0, 0.1) is 11.8 Å². The smallest absolute Gasteiger partial charge is 0.253 e. The molecule has 0 radical (unpaired) electrons. The first-order valence-electron chi connectivity index (χ1n) is 7.81. The van der Waals surface area contributed by atoms with Crippen LogP contribution in [0.25, 0.3) is 0 Å². The van der Waals surface area contributed by atoms with Crippen molar-refractivity contribution in [2.75, 3.05) is 19.6 Å². The third-order valence-corrected chi connectivity index (χ3v) is 3.29. The molecule has 0 aliphatic carbocycles. The van der Waals surface area contributed by atoms with Crippen LogP contribution in [0.2, 0.25) is 0 Å². The van der Waals surface area contributed by atoms with Gasteiger partial charge in [-0.15, -0.1) is 0 Å². The monoisotopic (exact) mass is 286 g/mol. The molecule has 2 N–H and O–H groups in total. The van der Waals surface area contributed by atoms with Crippen LogP contribution in [0.3, 0.4) is 0 Å². The van der Waals surface area contributed by atoms with E-state index in [2.05, 4.69) is 25.7 Å². The second-order valence-corrected chi connectivity index (χ2v) is 5.09. The molecule has 1 amide bonds. The summed E-state index contributed by atoms with van der Waals surface area (Å²) in [5, 5.41) is 0. The molecule has 114 valence electrons. The van der Waals surface area contributed by atoms with Crippen molar-refractivity contribution in [1.82, 2.24) is 4.90 Å². The number of carbonyl (C=O) groups is 1. The van der Waals surface area contributed by atoms with Crippen LogP contribution in [0.5, 0.6) is 0 Å². The summed E-state index contributed by atoms with van der Waals surface area (Å²) in [7, 11) is 0. The predicted octanol–water partition coefficient (Wildman–Crippen LogP) is 3.04. The number of hydrogen-bond acceptors (Lipinski definition) is 2. The Bertz CT molecular complexity index is 491. The average Bonchev–Trinajstić information content (AvgIpc) is 2.53. The number of nitrogens with zero attached hydrogens (tertiary/aromatic N) is 1. The molecule has 3 heteroatoms. The SMILES string of the molecule is CCCCN(CCCC)C(=O)c1cccc(C#CCN)c1. The van der Waals surface area contributed by atoms with Crippen molar-refractivity contribution in [3.63, 3.8) is 0 Å². The second kappa shape index (κ2) is 10.0. The average molecular weight is 286 g/mol. The van der Waals surface area contributed by atoms with E-state index in [0.717, 1.165) is 44.3 Å². The fourth-order valence-corrected chi connectivity index (χ4v) is 2.08. The number of hydrogen-bond donors (Lipinski definition) is 1. The Kier molecular flexibility index (Phi) is 8.23. The molecule has 1 aromatic rings. The van der Waals surface area contributed by atoms with Gasteiger partial charge in [-0.25, -0.2) is 0 Å². The van der Waals surface area contributed by atoms with Crippen molar-refractivity contribution in [3.8, 4) is 11.8 Å². The number of benzene rings is 1. The van der Waals surface area contributed by atoms with Crippen LogP contribution >= 0.6 is 0 Å². The largest absolute Gasteiger partial charge is 0.339 e. The van der Waals surface area contributed by atoms with Gasteiger partial charge in [0.15, 0.2) is 0 Å². The molecule has 0 aromatic heterocycles. The normalized spacial score (nSPS) is 9.86. The molecule has 1 aromatic carbocycles. The van der Waals surface area contributed by atoms with Crippen LogP contribution in [-0.2, 0) is 0 Å². The molecule has 0 unspecified atom stereocenters. The van der Waals surface area contributed by atoms with Crippen molar-refractivity contribution in [2.45, 2.75) is 39.5 Å². The topological polar surface area (TPSA) is 46.3 Å². The number of rotatable bonds is 7. The van der Waals surface area contributed by atoms with E-state index in [1.165, 1.54) is 0 Å². The minimum absolute atomic E-state index is 0.105. The maximum absolute atomic E-state index is 12.6. The number of amides is 1. The standard InChI is InChI=1S/C18H26N2O/c1-3-5-13-20(14-6-4-2)18(21)17-11-7-9-16(15-17)10-8-12-19/h7,9,11,15H,3-6,12-14,19H2,1-2H3. The molecule has 0 spiro atoms. The molecule has 0 aliphatic heterocycles. The van der Waals surface area contributed by atoms with E-state index in [-0.39, 0.29) is 5.91 Å². The fraction of sp³-hybridized carbons (Fsp3) is 0.500. The van der Waals surface area contributed by atoms with Crippen LogP contribution in [-0.4, -0.2) is 30.4 Å². The predicted molar refractivity (Wildman–Crippen MR) is 88.1 cm³/mol. The van der Waals surface area contributed by atoms with Gasteiger partial charge >= 0.3 is 0 Å². The maximum Gasteiger partial charge on any atom is 0.253 e. The third-order valence-electron chi connectivity index (χ3n) is 3.29. The van der Waals surface area contributed by atoms with E-state index < -0.39 is 0 Å². The van der Waals surface area contributed by atoms with E-state index in [1.54, 1.807) is 0 Å². The summed E-state index contributed by atoms with van der Waals surface area (Å²) >= 11 is 0. The van der Waals surface area contributed by atoms with Gasteiger partial charge in [0, 0.05) is 24.2 Å². The summed E-state index contributed by atoms with van der Waals surface area (Å²) in [4.78, 5) is 14.6. The van der Waals surface area contributed by atoms with Gasteiger partial charge in [0.2, 0.25) is 0 Å². The van der Waals surface area contributed by atoms with Crippen molar-refractivity contribution in [2.24, 2.45) is 5.73 Å². The summed E-state index contributed by atoms with van der Waals surface area (Å²) < 4.78 is 0. The van der Waals surface area contributed by atoms with Gasteiger partial charge in [0.05, 0.1) is 6.54 Å². The van der Waals surface area contributed by atoms with E-state index in [0.29, 0.717) is 12.1 Å². The number of nitrogens with two attached hydrogens (primary N) is 1. The van der Waals surface area contributed by atoms with Gasteiger partial charge in [-0.05, 0) is 31.0 Å². The molecule has 0 saturated carbocycles. The van der Waals surface area contributed by atoms with Crippen molar-refractivity contribution < 1.29 is 4.79 Å². The first-order valence-corrected chi connectivity index (χ1v) is 7.81. The van der Waals surface area contributed by atoms with E-state index in [4.69, 9.17) is 5.73 Å². The highest BCUT2D eigenvalue weighted by molar-refractivity contribution is 5.94. The van der Waals surface area contributed by atoms with E-state index in [9.17, 15) is 4.79 Å². The highest BCUT2D eigenvalue weighted by Gasteiger charge is 2.14. The third kappa shape index (κ3) is 6.01. The Labute approximate surface area is 128 Å². The molecular formula is C18H26N2O. The highest BCUT2D eigenvalue weighted by atomic mass is 16.2. The Morgan fingerprint density at radius 2 is 1.86 bits per heavy atom. The molecule has 0 heterocycles. The summed E-state index contributed by atoms with van der Waals surface area (Å²) in [5.74, 6) is 5.91. The Balaban J connectivity index is 2.86. The second-order valence-electron chi connectivity index (χ2n) is 5.09. The molecule has 0 atom stereocenters. The van der Waals surface area contributed by atoms with Gasteiger partial charge in [-0.1, -0.05) is 44.6 Å². The minimum atomic E-state index is 0.105. The highest BCUT2D eigenvalue weighted by Crippen LogP contribution is 2.10. The molecule has 0 bridgehead atoms. The zero-order valence-electron chi connectivity index (χ0n) is 13.2. The number of carbonyl (C=O) groups excluding carboxylic acids is 1. The zero-order chi connectivity index (χ0) is 15.5. The quantitative estimate of drug-likeness (QED) is 0.783. The van der Waals surface area contributed by atoms with Crippen LogP contribution < -0.4 is 5.73 Å². The first kappa shape index (κ1) is 17.3. The molecule has 0 saturated heterocycles. The fourth-order valence-electron chi connectivity index (χ4n) is 2.08. The Morgan fingerprint density at radius 3 is 2.43 bits per heavy atom. The van der Waals surface area contributed by atoms with Crippen LogP contribution in [0.15, 0.2) is 24.3 Å². The Morgan fingerprint density at radius 1 is 1.19 bits per heavy atom. The Hall–Kier alpha value is -1.79. The molecule has 3 nitrogen and oxygen atoms in total. The van der Waals surface area contributed by atoms with E-state index in [1.807, 2.05) is 29.2 Å². The lowest BCUT2D eigenvalue weighted by Crippen LogP contribution is -2.33. The van der Waals surface area contributed by atoms with Crippen LogP contribution in [0.1, 0.15) is 55.5 Å². The summed E-state index contributed by atoms with van der Waals surface area (Å²) in [6.45, 7) is 6.27. The van der Waals surface area contributed by atoms with Gasteiger partial charge in [0.25, 0.3) is 5.91 Å². The molecule has 21 heavy (non-hydrogen) atoms. The van der Waals surface area contributed by atoms with Crippen molar-refractivity contribution in [3.05, 3.63) is 35.4 Å². The summed E-state index contributed by atoms with van der Waals surface area (Å²) in [5.41, 5.74) is 6.94. The van der Waals surface area contributed by atoms with E-state index >= 15 is 0 Å². The maximum atomic E-state index is 12.6. The van der Waals surface area contributed by atoms with Gasteiger partial charge in [-0.3, -0.25) is 4.79 Å². The van der Waals surface area contributed by atoms with Gasteiger partial charge in [-0.2, -0.15) is 0 Å². The lowest BCUT2D eigenvalue weighted by atomic mass is 10.1. The van der Waals surface area contributed by atoms with Crippen molar-refractivity contribution >= 4 is 5.91 Å². The lowest BCUT2D eigenvalue weighted by molar-refractivity contribution is 0.0751. The minimum Gasteiger partial charge on any atom is -0.339 e. The molecule has 0 fully saturated rings. The molecule has 1 rings (SSSR count). The molecule has 0 aliphatic rings. The molecular weight excluding hydrogens is 260 g/mol. The number of unbranched alkanes of at least 4 members (excludes halogenated alkanes) is 2. The first-order chi connectivity index (χ1) is 10.2. The summed E-state index contributed by atoms with van der Waals surface area (Å²) in [6, 6.07) is 7.50. The lowest BCUT2D eigenvalue weighted by Gasteiger charge is -2.22. The van der Waals surface area contributed by atoms with Gasteiger partial charge < -0.3 is 10.6 Å². The van der Waals surface area contributed by atoms with Crippen molar-refractivity contribution in [1.29, 1.82) is 0 Å². The van der Waals surface area contributed by atoms with Gasteiger partial charge in [0.1, 0.15) is 0 Å². The van der Waals surface area contributed by atoms with Crippen LogP contribution in [0.4, 0.5) is 0 Å².